The van der Waals surface area contributed by atoms with Crippen LogP contribution in [0.2, 0.25) is 0 Å². The normalized spacial score (nSPS) is 19.6. The third kappa shape index (κ3) is 4.66. The Labute approximate surface area is 185 Å². The van der Waals surface area contributed by atoms with Gasteiger partial charge >= 0.3 is 0 Å². The molecule has 1 fully saturated rings. The first-order valence-corrected chi connectivity index (χ1v) is 10.7. The number of ether oxygens (including phenoxy) is 1. The van der Waals surface area contributed by atoms with Crippen LogP contribution < -0.4 is 20.7 Å². The SMILES string of the molecule is CC1(C)Cc2cc(NC(=O)C(=CN)c3ncccn3)c(N3CCCC(F)(F)CC3)cc2O1. The van der Waals surface area contributed by atoms with E-state index in [2.05, 4.69) is 15.3 Å². The highest BCUT2D eigenvalue weighted by atomic mass is 19.3. The number of benzene rings is 1. The number of alkyl halides is 2. The lowest BCUT2D eigenvalue weighted by molar-refractivity contribution is -0.111. The summed E-state index contributed by atoms with van der Waals surface area (Å²) in [6.07, 6.45) is 4.85. The summed E-state index contributed by atoms with van der Waals surface area (Å²) in [5.41, 5.74) is 7.56. The molecule has 7 nitrogen and oxygen atoms in total. The van der Waals surface area contributed by atoms with E-state index >= 15 is 0 Å². The van der Waals surface area contributed by atoms with Crippen molar-refractivity contribution < 1.29 is 18.3 Å². The molecule has 2 aliphatic rings. The summed E-state index contributed by atoms with van der Waals surface area (Å²) in [6, 6.07) is 5.35. The first-order chi connectivity index (χ1) is 15.2. The van der Waals surface area contributed by atoms with E-state index in [1.807, 2.05) is 30.9 Å². The third-order valence-electron chi connectivity index (χ3n) is 5.71. The van der Waals surface area contributed by atoms with E-state index in [4.69, 9.17) is 10.5 Å². The van der Waals surface area contributed by atoms with Crippen LogP contribution >= 0.6 is 0 Å². The van der Waals surface area contributed by atoms with Crippen LogP contribution in [0.15, 0.2) is 36.8 Å². The number of hydrogen-bond acceptors (Lipinski definition) is 6. The van der Waals surface area contributed by atoms with Crippen molar-refractivity contribution in [2.24, 2.45) is 5.73 Å². The molecule has 2 aliphatic heterocycles. The van der Waals surface area contributed by atoms with Gasteiger partial charge in [0.25, 0.3) is 5.91 Å². The maximum Gasteiger partial charge on any atom is 0.261 e. The smallest absolute Gasteiger partial charge is 0.261 e. The van der Waals surface area contributed by atoms with Gasteiger partial charge in [-0.2, -0.15) is 0 Å². The average molecular weight is 443 g/mol. The van der Waals surface area contributed by atoms with Gasteiger partial charge in [0.05, 0.1) is 16.9 Å². The van der Waals surface area contributed by atoms with Crippen LogP contribution in [-0.4, -0.2) is 40.5 Å². The van der Waals surface area contributed by atoms with E-state index in [9.17, 15) is 13.6 Å². The summed E-state index contributed by atoms with van der Waals surface area (Å²) in [6.45, 7) is 4.61. The molecule has 0 atom stereocenters. The Balaban J connectivity index is 1.68. The van der Waals surface area contributed by atoms with Crippen LogP contribution in [0.3, 0.4) is 0 Å². The Hall–Kier alpha value is -3.23. The number of aromatic nitrogens is 2. The van der Waals surface area contributed by atoms with Crippen LogP contribution in [0, 0.1) is 0 Å². The molecule has 0 radical (unpaired) electrons. The zero-order valence-electron chi connectivity index (χ0n) is 18.2. The fourth-order valence-electron chi connectivity index (χ4n) is 4.19. The second-order valence-corrected chi connectivity index (χ2v) is 8.82. The van der Waals surface area contributed by atoms with E-state index in [0.717, 1.165) is 11.8 Å². The lowest BCUT2D eigenvalue weighted by Crippen LogP contribution is -2.27. The lowest BCUT2D eigenvalue weighted by atomic mass is 10.0. The molecule has 1 aromatic heterocycles. The molecule has 2 aromatic rings. The maximum atomic E-state index is 14.0. The summed E-state index contributed by atoms with van der Waals surface area (Å²) in [5, 5.41) is 2.90. The molecular weight excluding hydrogens is 416 g/mol. The van der Waals surface area contributed by atoms with Gasteiger partial charge in [0.1, 0.15) is 11.4 Å². The number of anilines is 2. The molecule has 0 aliphatic carbocycles. The molecule has 1 amide bonds. The largest absolute Gasteiger partial charge is 0.487 e. The Morgan fingerprint density at radius 3 is 2.69 bits per heavy atom. The fourth-order valence-corrected chi connectivity index (χ4v) is 4.19. The number of carbonyl (C=O) groups excluding carboxylic acids is 1. The Kier molecular flexibility index (Phi) is 5.75. The van der Waals surface area contributed by atoms with Gasteiger partial charge in [0, 0.05) is 62.6 Å². The number of carbonyl (C=O) groups is 1. The van der Waals surface area contributed by atoms with E-state index < -0.39 is 11.8 Å². The number of nitrogens with one attached hydrogen (secondary N) is 1. The second-order valence-electron chi connectivity index (χ2n) is 8.82. The molecule has 3 N–H and O–H groups in total. The molecular formula is C23H27F2N5O2. The van der Waals surface area contributed by atoms with E-state index in [0.29, 0.717) is 36.5 Å². The zero-order valence-corrected chi connectivity index (χ0v) is 18.2. The highest BCUT2D eigenvalue weighted by Gasteiger charge is 2.35. The Morgan fingerprint density at radius 2 is 1.97 bits per heavy atom. The minimum Gasteiger partial charge on any atom is -0.487 e. The standard InChI is InChI=1S/C23H27F2N5O2/c1-22(2)13-15-11-17(29-21(31)16(14-26)20-27-7-4-8-28-20)18(12-19(15)32-22)30-9-3-5-23(24,25)6-10-30/h4,7-8,11-12,14H,3,5-6,9-10,13,26H2,1-2H3,(H,29,31). The predicted octanol–water partition coefficient (Wildman–Crippen LogP) is 3.75. The summed E-state index contributed by atoms with van der Waals surface area (Å²) >= 11 is 0. The molecule has 0 spiro atoms. The van der Waals surface area contributed by atoms with Gasteiger partial charge in [-0.3, -0.25) is 4.79 Å². The number of fused-ring (bicyclic) bond motifs is 1. The van der Waals surface area contributed by atoms with Crippen molar-refractivity contribution in [2.45, 2.75) is 51.1 Å². The molecule has 170 valence electrons. The lowest BCUT2D eigenvalue weighted by Gasteiger charge is -2.26. The van der Waals surface area contributed by atoms with Gasteiger partial charge in [-0.15, -0.1) is 0 Å². The highest BCUT2D eigenvalue weighted by molar-refractivity contribution is 6.24. The summed E-state index contributed by atoms with van der Waals surface area (Å²) in [7, 11) is 0. The molecule has 1 saturated heterocycles. The van der Waals surface area contributed by atoms with Crippen molar-refractivity contribution in [2.75, 3.05) is 23.3 Å². The summed E-state index contributed by atoms with van der Waals surface area (Å²) in [5.74, 6) is -2.25. The van der Waals surface area contributed by atoms with E-state index in [-0.39, 0.29) is 36.4 Å². The van der Waals surface area contributed by atoms with Crippen LogP contribution in [0.5, 0.6) is 5.75 Å². The quantitative estimate of drug-likeness (QED) is 0.699. The van der Waals surface area contributed by atoms with Crippen molar-refractivity contribution in [1.82, 2.24) is 9.97 Å². The maximum absolute atomic E-state index is 14.0. The first kappa shape index (κ1) is 22.0. The number of hydrogen-bond donors (Lipinski definition) is 2. The molecule has 0 unspecified atom stereocenters. The molecule has 4 rings (SSSR count). The zero-order chi connectivity index (χ0) is 22.9. The molecule has 0 saturated carbocycles. The van der Waals surface area contributed by atoms with Gasteiger partial charge in [-0.25, -0.2) is 18.7 Å². The average Bonchev–Trinajstić information content (AvgIpc) is 2.91. The van der Waals surface area contributed by atoms with Crippen molar-refractivity contribution in [3.63, 3.8) is 0 Å². The fraction of sp³-hybridized carbons (Fsp3) is 0.435. The minimum atomic E-state index is -2.69. The molecule has 3 heterocycles. The summed E-state index contributed by atoms with van der Waals surface area (Å²) < 4.78 is 34.0. The molecule has 32 heavy (non-hydrogen) atoms. The van der Waals surface area contributed by atoms with Gasteiger partial charge in [0.2, 0.25) is 5.92 Å². The van der Waals surface area contributed by atoms with Crippen molar-refractivity contribution in [1.29, 1.82) is 0 Å². The van der Waals surface area contributed by atoms with Crippen LogP contribution in [0.25, 0.3) is 5.57 Å². The minimum absolute atomic E-state index is 0.121. The van der Waals surface area contributed by atoms with Gasteiger partial charge < -0.3 is 20.7 Å². The number of nitrogens with zero attached hydrogens (tertiary/aromatic N) is 3. The Bertz CT molecular complexity index is 1040. The number of nitrogens with two attached hydrogens (primary N) is 1. The van der Waals surface area contributed by atoms with Crippen LogP contribution in [0.4, 0.5) is 20.2 Å². The van der Waals surface area contributed by atoms with Crippen molar-refractivity contribution >= 4 is 22.9 Å². The summed E-state index contributed by atoms with van der Waals surface area (Å²) in [4.78, 5) is 23.1. The van der Waals surface area contributed by atoms with Crippen LogP contribution in [0.1, 0.15) is 44.5 Å². The van der Waals surface area contributed by atoms with Crippen molar-refractivity contribution in [3.8, 4) is 5.75 Å². The topological polar surface area (TPSA) is 93.4 Å². The van der Waals surface area contributed by atoms with Gasteiger partial charge in [-0.1, -0.05) is 0 Å². The van der Waals surface area contributed by atoms with E-state index in [1.54, 1.807) is 6.07 Å². The Morgan fingerprint density at radius 1 is 1.22 bits per heavy atom. The molecule has 0 bridgehead atoms. The monoisotopic (exact) mass is 443 g/mol. The second kappa shape index (κ2) is 8.37. The molecule has 9 heteroatoms. The third-order valence-corrected chi connectivity index (χ3v) is 5.71. The predicted molar refractivity (Wildman–Crippen MR) is 119 cm³/mol. The first-order valence-electron chi connectivity index (χ1n) is 10.7. The number of amides is 1. The number of halogens is 2. The van der Waals surface area contributed by atoms with Crippen LogP contribution in [-0.2, 0) is 11.2 Å². The van der Waals surface area contributed by atoms with Crippen molar-refractivity contribution in [3.05, 3.63) is 48.2 Å². The highest BCUT2D eigenvalue weighted by Crippen LogP contribution is 2.43. The van der Waals surface area contributed by atoms with Gasteiger partial charge in [0.15, 0.2) is 5.82 Å². The molecule has 1 aromatic carbocycles. The van der Waals surface area contributed by atoms with Gasteiger partial charge in [-0.05, 0) is 32.4 Å². The number of rotatable bonds is 4. The van der Waals surface area contributed by atoms with E-state index in [1.165, 1.54) is 12.4 Å².